The van der Waals surface area contributed by atoms with E-state index in [-0.39, 0.29) is 18.0 Å². The fraction of sp³-hybridized carbons (Fsp3) is 0.250. The molecule has 18 heavy (non-hydrogen) atoms. The van der Waals surface area contributed by atoms with Crippen molar-refractivity contribution in [2.45, 2.75) is 20.5 Å². The predicted octanol–water partition coefficient (Wildman–Crippen LogP) is 2.30. The van der Waals surface area contributed by atoms with Gasteiger partial charge in [0.05, 0.1) is 5.56 Å². The molecule has 0 radical (unpaired) electrons. The van der Waals surface area contributed by atoms with Crippen LogP contribution in [0.4, 0.5) is 4.39 Å². The number of carbonyl (C=O) groups excluding carboxylic acids is 1. The third-order valence-corrected chi connectivity index (χ3v) is 2.26. The van der Waals surface area contributed by atoms with Crippen LogP contribution in [0.5, 0.6) is 5.75 Å². The fourth-order valence-corrected chi connectivity index (χ4v) is 1.42. The molecule has 0 bridgehead atoms. The number of hydrogen-bond acceptors (Lipinski definition) is 5. The topological polar surface area (TPSA) is 65.2 Å². The Labute approximate surface area is 103 Å². The van der Waals surface area contributed by atoms with Crippen molar-refractivity contribution in [1.82, 2.24) is 10.1 Å². The molecule has 0 amide bonds. The Morgan fingerprint density at radius 2 is 2.28 bits per heavy atom. The molecule has 0 aliphatic heterocycles. The van der Waals surface area contributed by atoms with E-state index >= 15 is 0 Å². The van der Waals surface area contributed by atoms with Gasteiger partial charge >= 0.3 is 0 Å². The van der Waals surface area contributed by atoms with Gasteiger partial charge < -0.3 is 9.26 Å². The molecule has 5 nitrogen and oxygen atoms in total. The van der Waals surface area contributed by atoms with Crippen LogP contribution in [0.2, 0.25) is 0 Å². The first-order valence-corrected chi connectivity index (χ1v) is 5.29. The van der Waals surface area contributed by atoms with Crippen LogP contribution in [0.25, 0.3) is 0 Å². The smallest absolute Gasteiger partial charge is 0.223 e. The highest BCUT2D eigenvalue weighted by Gasteiger charge is 2.09. The van der Waals surface area contributed by atoms with Crippen LogP contribution in [0.3, 0.4) is 0 Å². The van der Waals surface area contributed by atoms with Gasteiger partial charge in [-0.25, -0.2) is 4.39 Å². The molecule has 6 heteroatoms. The first kappa shape index (κ1) is 12.2. The van der Waals surface area contributed by atoms with E-state index in [4.69, 9.17) is 9.26 Å². The summed E-state index contributed by atoms with van der Waals surface area (Å²) in [6.07, 6.45) is 0. The second kappa shape index (κ2) is 4.95. The number of aromatic nitrogens is 2. The van der Waals surface area contributed by atoms with E-state index in [9.17, 15) is 9.18 Å². The number of ketones is 1. The molecule has 0 unspecified atom stereocenters. The molecule has 2 aromatic rings. The van der Waals surface area contributed by atoms with E-state index in [1.807, 2.05) is 0 Å². The lowest BCUT2D eigenvalue weighted by molar-refractivity contribution is 0.101. The monoisotopic (exact) mass is 250 g/mol. The number of aryl methyl sites for hydroxylation is 1. The molecule has 1 aromatic carbocycles. The Morgan fingerprint density at radius 3 is 2.83 bits per heavy atom. The maximum atomic E-state index is 13.5. The summed E-state index contributed by atoms with van der Waals surface area (Å²) in [4.78, 5) is 15.0. The molecule has 0 atom stereocenters. The number of ether oxygens (including phenoxy) is 1. The molecule has 0 N–H and O–H groups in total. The number of halogens is 1. The Balaban J connectivity index is 2.06. The van der Waals surface area contributed by atoms with E-state index < -0.39 is 5.82 Å². The standard InChI is InChI=1S/C12H11FN2O3/c1-7(16)10-4-3-9(5-11(10)13)17-6-12-14-8(2)18-15-12/h3-5H,6H2,1-2H3. The van der Waals surface area contributed by atoms with Crippen LogP contribution in [-0.4, -0.2) is 15.9 Å². The number of Topliss-reactive ketones (excluding diaryl/α,β-unsaturated/α-hetero) is 1. The average molecular weight is 250 g/mol. The minimum Gasteiger partial charge on any atom is -0.485 e. The highest BCUT2D eigenvalue weighted by atomic mass is 19.1. The van der Waals surface area contributed by atoms with E-state index in [0.717, 1.165) is 6.07 Å². The van der Waals surface area contributed by atoms with Gasteiger partial charge in [-0.1, -0.05) is 5.16 Å². The number of benzene rings is 1. The van der Waals surface area contributed by atoms with Crippen molar-refractivity contribution in [2.75, 3.05) is 0 Å². The molecule has 1 heterocycles. The molecular weight excluding hydrogens is 239 g/mol. The van der Waals surface area contributed by atoms with Crippen molar-refractivity contribution >= 4 is 5.78 Å². The molecule has 2 rings (SSSR count). The van der Waals surface area contributed by atoms with Crippen LogP contribution in [0.15, 0.2) is 22.7 Å². The quantitative estimate of drug-likeness (QED) is 0.779. The largest absolute Gasteiger partial charge is 0.485 e. The number of nitrogens with zero attached hydrogens (tertiary/aromatic N) is 2. The Hall–Kier alpha value is -2.24. The third kappa shape index (κ3) is 2.71. The van der Waals surface area contributed by atoms with Crippen LogP contribution < -0.4 is 4.74 Å². The van der Waals surface area contributed by atoms with Crippen molar-refractivity contribution in [2.24, 2.45) is 0 Å². The number of rotatable bonds is 4. The normalized spacial score (nSPS) is 10.4. The Kier molecular flexibility index (Phi) is 3.36. The SMILES string of the molecule is CC(=O)c1ccc(OCc2noc(C)n2)cc1F. The summed E-state index contributed by atoms with van der Waals surface area (Å²) in [6, 6.07) is 4.06. The third-order valence-electron chi connectivity index (χ3n) is 2.26. The van der Waals surface area contributed by atoms with Crippen LogP contribution >= 0.6 is 0 Å². The lowest BCUT2D eigenvalue weighted by Gasteiger charge is -2.05. The van der Waals surface area contributed by atoms with E-state index in [0.29, 0.717) is 17.5 Å². The summed E-state index contributed by atoms with van der Waals surface area (Å²) in [6.45, 7) is 3.05. The summed E-state index contributed by atoms with van der Waals surface area (Å²) in [5.74, 6) is 0.187. The van der Waals surface area contributed by atoms with Crippen LogP contribution in [0, 0.1) is 12.7 Å². The van der Waals surface area contributed by atoms with E-state index in [2.05, 4.69) is 10.1 Å². The zero-order valence-electron chi connectivity index (χ0n) is 9.94. The molecular formula is C12H11FN2O3. The molecule has 0 saturated heterocycles. The molecule has 0 aliphatic rings. The number of hydrogen-bond donors (Lipinski definition) is 0. The van der Waals surface area contributed by atoms with Gasteiger partial charge in [0.1, 0.15) is 11.6 Å². The van der Waals surface area contributed by atoms with Crippen molar-refractivity contribution in [3.05, 3.63) is 41.3 Å². The zero-order valence-corrected chi connectivity index (χ0v) is 9.94. The molecule has 0 saturated carbocycles. The summed E-state index contributed by atoms with van der Waals surface area (Å²) < 4.78 is 23.5. The second-order valence-electron chi connectivity index (χ2n) is 3.72. The summed E-state index contributed by atoms with van der Waals surface area (Å²) in [7, 11) is 0. The average Bonchev–Trinajstić information content (AvgIpc) is 2.72. The maximum Gasteiger partial charge on any atom is 0.223 e. The summed E-state index contributed by atoms with van der Waals surface area (Å²) in [5, 5.41) is 3.64. The van der Waals surface area contributed by atoms with Crippen LogP contribution in [0.1, 0.15) is 29.0 Å². The van der Waals surface area contributed by atoms with Gasteiger partial charge in [-0.05, 0) is 19.1 Å². The minimum absolute atomic E-state index is 0.0396. The summed E-state index contributed by atoms with van der Waals surface area (Å²) >= 11 is 0. The van der Waals surface area contributed by atoms with Crippen molar-refractivity contribution in [3.8, 4) is 5.75 Å². The van der Waals surface area contributed by atoms with Gasteiger partial charge in [0.25, 0.3) is 0 Å². The summed E-state index contributed by atoms with van der Waals surface area (Å²) in [5.41, 5.74) is 0.0396. The van der Waals surface area contributed by atoms with Crippen molar-refractivity contribution in [1.29, 1.82) is 0 Å². The van der Waals surface area contributed by atoms with E-state index in [1.54, 1.807) is 6.92 Å². The van der Waals surface area contributed by atoms with Crippen molar-refractivity contribution in [3.63, 3.8) is 0 Å². The molecule has 0 aliphatic carbocycles. The van der Waals surface area contributed by atoms with Gasteiger partial charge in [0.2, 0.25) is 11.7 Å². The predicted molar refractivity (Wildman–Crippen MR) is 59.8 cm³/mol. The highest BCUT2D eigenvalue weighted by molar-refractivity contribution is 5.94. The Morgan fingerprint density at radius 1 is 1.50 bits per heavy atom. The second-order valence-corrected chi connectivity index (χ2v) is 3.72. The van der Waals surface area contributed by atoms with Crippen molar-refractivity contribution < 1.29 is 18.4 Å². The van der Waals surface area contributed by atoms with Gasteiger partial charge in [-0.15, -0.1) is 0 Å². The lowest BCUT2D eigenvalue weighted by Crippen LogP contribution is -2.00. The highest BCUT2D eigenvalue weighted by Crippen LogP contribution is 2.17. The lowest BCUT2D eigenvalue weighted by atomic mass is 10.1. The minimum atomic E-state index is -0.607. The molecule has 94 valence electrons. The zero-order chi connectivity index (χ0) is 13.1. The fourth-order valence-electron chi connectivity index (χ4n) is 1.42. The molecule has 0 spiro atoms. The van der Waals surface area contributed by atoms with E-state index in [1.165, 1.54) is 19.1 Å². The van der Waals surface area contributed by atoms with Crippen LogP contribution in [-0.2, 0) is 6.61 Å². The molecule has 0 fully saturated rings. The van der Waals surface area contributed by atoms with Gasteiger partial charge in [0, 0.05) is 13.0 Å². The number of carbonyl (C=O) groups is 1. The molecule has 1 aromatic heterocycles. The first-order chi connectivity index (χ1) is 8.56. The Bertz CT molecular complexity index is 580. The first-order valence-electron chi connectivity index (χ1n) is 5.29. The van der Waals surface area contributed by atoms with Gasteiger partial charge in [-0.3, -0.25) is 4.79 Å². The maximum absolute atomic E-state index is 13.5. The van der Waals surface area contributed by atoms with Gasteiger partial charge in [-0.2, -0.15) is 4.98 Å². The van der Waals surface area contributed by atoms with Gasteiger partial charge in [0.15, 0.2) is 12.4 Å².